The highest BCUT2D eigenvalue weighted by Crippen LogP contribution is 2.57. The first-order valence-electron chi connectivity index (χ1n) is 51.9. The molecule has 0 spiro atoms. The van der Waals surface area contributed by atoms with Gasteiger partial charge in [-0.1, -0.05) is 282 Å². The van der Waals surface area contributed by atoms with E-state index in [1.807, 2.05) is 24.3 Å². The Morgan fingerprint density at radius 2 is 0.413 bits per heavy atom. The van der Waals surface area contributed by atoms with Crippen molar-refractivity contribution in [3.05, 3.63) is 520 Å². The summed E-state index contributed by atoms with van der Waals surface area (Å²) in [5, 5.41) is 24.0. The van der Waals surface area contributed by atoms with Gasteiger partial charge in [-0.2, -0.15) is 0 Å². The van der Waals surface area contributed by atoms with Crippen LogP contribution in [-0.4, -0.2) is 8.80 Å². The van der Waals surface area contributed by atoms with Crippen molar-refractivity contribution in [1.82, 2.24) is 8.80 Å². The molecule has 0 unspecified atom stereocenters. The molecule has 0 saturated carbocycles. The van der Waals surface area contributed by atoms with Crippen molar-refractivity contribution in [3.63, 3.8) is 0 Å². The normalized spacial score (nSPS) is 13.0. The van der Waals surface area contributed by atoms with Crippen molar-refractivity contribution < 1.29 is 8.83 Å². The summed E-state index contributed by atoms with van der Waals surface area (Å²) in [7, 11) is 0. The maximum absolute atomic E-state index is 6.43. The van der Waals surface area contributed by atoms with Crippen LogP contribution in [0.5, 0.6) is 0 Å². The number of anilines is 12. The fraction of sp³-hybridized carbons (Fsp3) is 0.0423. The SMILES string of the molecule is CC1(C)c2ccccc2-c2ccc(N(c3ccccc3)c3ccc4cc5c6cc(-c7ccccc7)cc7c8cc9ccc(N(c%10ccccc%10)c%10ccc%11c(c%10)C(C)(C)c%10ccccc%10-%11)cc9cc8n(c5cc4c3)c67)cc21.c1ccc(-c2cc3c4cc5ccc(N(c6ccccc6)c6ccc7c(c6)oc6ccccc67)cc5cc4n4c5cc6cc(N(c7ccccc7)c7ccc8c(c7)oc7ccccc78)ccc6cc5c(c2)c34)cc1. The predicted molar refractivity (Wildman–Crippen MR) is 632 cm³/mol. The van der Waals surface area contributed by atoms with E-state index in [4.69, 9.17) is 8.83 Å². The molecule has 150 heavy (non-hydrogen) atoms. The smallest absolute Gasteiger partial charge is 0.137 e. The fourth-order valence-corrected chi connectivity index (χ4v) is 25.6. The van der Waals surface area contributed by atoms with Gasteiger partial charge in [-0.3, -0.25) is 0 Å². The standard InChI is InChI=1S/C74H53N3.C68H41N3O2/c1-73(2)66-26-16-14-24-58(66)60-34-32-56(44-68(60)73)75(52-20-10-6-11-21-52)54-30-28-47-38-62-64-40-51(46-18-8-5-9-19-46)41-65-63-39-48-29-31-55(37-50(48)43-71(63)77(72(64)65)70(62)42-49(47)36-54)76(53-22-12-7-13-23-53)57-33-35-61-59-25-15-17-27-67(59)74(3,4)69(61)45-57;1-4-14-42(15-5-1)47-36-60-58-34-43-24-26-50(69(48-16-6-2-7-17-48)52-28-30-56-54-20-10-12-22-64(54)72-66(56)40-52)32-45(43)38-62(58)71-63-39-46-33-51(27-25-44(46)35-59(63)61(37-47)68(60)71)70(49-18-8-3-9-19-49)53-29-31-57-55-21-11-13-23-65(55)73-67(57)41-53/h5-45H,1-4H3;1-41H. The van der Waals surface area contributed by atoms with E-state index in [9.17, 15) is 0 Å². The number of hydrogen-bond acceptors (Lipinski definition) is 6. The summed E-state index contributed by atoms with van der Waals surface area (Å²) in [6.45, 7) is 9.46. The van der Waals surface area contributed by atoms with Crippen molar-refractivity contribution in [1.29, 1.82) is 0 Å². The number of furan rings is 2. The quantitative estimate of drug-likeness (QED) is 0.108. The number of fused-ring (bicyclic) bond motifs is 28. The Bertz CT molecular complexity index is 10300. The maximum Gasteiger partial charge on any atom is 0.137 e. The highest BCUT2D eigenvalue weighted by atomic mass is 16.3. The molecule has 704 valence electrons. The fourth-order valence-electron chi connectivity index (χ4n) is 25.6. The minimum Gasteiger partial charge on any atom is -0.456 e. The first-order valence-corrected chi connectivity index (χ1v) is 51.9. The summed E-state index contributed by atoms with van der Waals surface area (Å²) in [6.07, 6.45) is 0. The molecule has 32 rings (SSSR count). The molecular formula is C142H94N6O2. The van der Waals surface area contributed by atoms with Gasteiger partial charge < -0.3 is 37.2 Å². The molecule has 2 aliphatic rings. The second-order valence-corrected chi connectivity index (χ2v) is 41.9. The summed E-state index contributed by atoms with van der Waals surface area (Å²) in [4.78, 5) is 9.53. The first kappa shape index (κ1) is 85.2. The molecule has 0 saturated heterocycles. The van der Waals surface area contributed by atoms with Gasteiger partial charge in [-0.15, -0.1) is 0 Å². The average Bonchev–Trinajstić information content (AvgIpc) is 1.53. The third-order valence-electron chi connectivity index (χ3n) is 32.7. The summed E-state index contributed by atoms with van der Waals surface area (Å²) < 4.78 is 18.0. The summed E-state index contributed by atoms with van der Waals surface area (Å²) >= 11 is 0. The Morgan fingerprint density at radius 3 is 0.740 bits per heavy atom. The zero-order valence-electron chi connectivity index (χ0n) is 82.8. The Morgan fingerprint density at radius 1 is 0.160 bits per heavy atom. The molecule has 0 N–H and O–H groups in total. The molecular weight excluding hydrogens is 1820 g/mol. The lowest BCUT2D eigenvalue weighted by Gasteiger charge is -2.28. The van der Waals surface area contributed by atoms with Crippen LogP contribution in [0, 0.1) is 0 Å². The molecule has 30 aromatic rings. The zero-order chi connectivity index (χ0) is 99.0. The largest absolute Gasteiger partial charge is 0.456 e. The first-order chi connectivity index (χ1) is 73.8. The van der Waals surface area contributed by atoms with Crippen LogP contribution in [-0.2, 0) is 10.8 Å². The zero-order valence-corrected chi connectivity index (χ0v) is 82.8. The monoisotopic (exact) mass is 1910 g/mol. The highest BCUT2D eigenvalue weighted by Gasteiger charge is 2.39. The Balaban J connectivity index is 0.000000135. The van der Waals surface area contributed by atoms with Crippen molar-refractivity contribution in [2.45, 2.75) is 38.5 Å². The second-order valence-electron chi connectivity index (χ2n) is 41.9. The lowest BCUT2D eigenvalue weighted by Crippen LogP contribution is -2.16. The molecule has 2 aliphatic carbocycles. The van der Waals surface area contributed by atoms with Crippen LogP contribution < -0.4 is 19.6 Å². The third kappa shape index (κ3) is 13.1. The maximum atomic E-state index is 6.43. The molecule has 0 amide bonds. The Kier molecular flexibility index (Phi) is 18.5. The number of para-hydroxylation sites is 6. The molecule has 6 heterocycles. The molecule has 24 aromatic carbocycles. The van der Waals surface area contributed by atoms with E-state index < -0.39 is 0 Å². The molecule has 6 aromatic heterocycles. The minimum atomic E-state index is -0.115. The van der Waals surface area contributed by atoms with Gasteiger partial charge in [0, 0.05) is 156 Å². The van der Waals surface area contributed by atoms with Crippen molar-refractivity contribution in [3.8, 4) is 44.5 Å². The topological polar surface area (TPSA) is 48.1 Å². The number of benzene rings is 24. The van der Waals surface area contributed by atoms with Gasteiger partial charge in [-0.05, 0) is 340 Å². The van der Waals surface area contributed by atoms with E-state index in [0.29, 0.717) is 0 Å². The lowest BCUT2D eigenvalue weighted by atomic mass is 9.82. The van der Waals surface area contributed by atoms with E-state index in [1.54, 1.807) is 0 Å². The van der Waals surface area contributed by atoms with E-state index in [1.165, 1.54) is 175 Å². The second kappa shape index (κ2) is 32.6. The van der Waals surface area contributed by atoms with Gasteiger partial charge in [-0.25, -0.2) is 0 Å². The molecule has 0 bridgehead atoms. The van der Waals surface area contributed by atoms with E-state index >= 15 is 0 Å². The van der Waals surface area contributed by atoms with Gasteiger partial charge in [0.15, 0.2) is 0 Å². The van der Waals surface area contributed by atoms with Crippen LogP contribution in [0.15, 0.2) is 506 Å². The lowest BCUT2D eigenvalue weighted by molar-refractivity contribution is 0.660. The molecule has 0 radical (unpaired) electrons. The van der Waals surface area contributed by atoms with E-state index in [-0.39, 0.29) is 10.8 Å². The average molecular weight is 1920 g/mol. The molecule has 0 aliphatic heterocycles. The van der Waals surface area contributed by atoms with E-state index in [0.717, 1.165) is 123 Å². The van der Waals surface area contributed by atoms with Gasteiger partial charge in [0.25, 0.3) is 0 Å². The van der Waals surface area contributed by atoms with Crippen LogP contribution in [0.25, 0.3) is 208 Å². The molecule has 8 heteroatoms. The molecule has 8 nitrogen and oxygen atoms in total. The molecule has 0 fully saturated rings. The van der Waals surface area contributed by atoms with Gasteiger partial charge in [0.2, 0.25) is 0 Å². The van der Waals surface area contributed by atoms with Crippen molar-refractivity contribution >= 4 is 231 Å². The number of aromatic nitrogens is 2. The van der Waals surface area contributed by atoms with E-state index in [2.05, 4.69) is 529 Å². The Labute approximate surface area is 865 Å². The number of rotatable bonds is 14. The van der Waals surface area contributed by atoms with Crippen LogP contribution in [0.3, 0.4) is 0 Å². The third-order valence-corrected chi connectivity index (χ3v) is 32.7. The minimum absolute atomic E-state index is 0.115. The Hall–Kier alpha value is -19.3. The summed E-state index contributed by atoms with van der Waals surface area (Å²) in [5.74, 6) is 0. The summed E-state index contributed by atoms with van der Waals surface area (Å²) in [5.41, 5.74) is 39.4. The van der Waals surface area contributed by atoms with Crippen molar-refractivity contribution in [2.75, 3.05) is 19.6 Å². The predicted octanol–water partition coefficient (Wildman–Crippen LogP) is 39.9. The van der Waals surface area contributed by atoms with Gasteiger partial charge in [0.1, 0.15) is 22.3 Å². The highest BCUT2D eigenvalue weighted by molar-refractivity contribution is 6.30. The van der Waals surface area contributed by atoms with Crippen LogP contribution in [0.4, 0.5) is 68.2 Å². The van der Waals surface area contributed by atoms with Gasteiger partial charge in [0.05, 0.1) is 33.1 Å². The van der Waals surface area contributed by atoms with Crippen LogP contribution >= 0.6 is 0 Å². The van der Waals surface area contributed by atoms with Crippen LogP contribution in [0.1, 0.15) is 49.9 Å². The van der Waals surface area contributed by atoms with Crippen molar-refractivity contribution in [2.24, 2.45) is 0 Å². The summed E-state index contributed by atoms with van der Waals surface area (Å²) in [6, 6.07) is 183. The number of nitrogens with zero attached hydrogens (tertiary/aromatic N) is 6. The molecule has 0 atom stereocenters. The van der Waals surface area contributed by atoms with Gasteiger partial charge >= 0.3 is 0 Å². The van der Waals surface area contributed by atoms with Crippen LogP contribution in [0.2, 0.25) is 0 Å². The number of hydrogen-bond donors (Lipinski definition) is 0.